The summed E-state index contributed by atoms with van der Waals surface area (Å²) in [5, 5.41) is 2.82. The summed E-state index contributed by atoms with van der Waals surface area (Å²) in [6, 6.07) is 5.67. The zero-order valence-corrected chi connectivity index (χ0v) is 11.1. The minimum absolute atomic E-state index is 0.0569. The maximum Gasteiger partial charge on any atom is 0.251 e. The molecule has 0 heterocycles. The number of hydrogen-bond acceptors (Lipinski definition) is 2. The molecular weight excluding hydrogens is 270 g/mol. The minimum Gasteiger partial charge on any atom is -0.380 e. The number of rotatable bonds is 5. The normalized spacial score (nSPS) is 10.2. The second-order valence-corrected chi connectivity index (χ2v) is 4.33. The molecule has 3 nitrogen and oxygen atoms in total. The Kier molecular flexibility index (Phi) is 5.49. The van der Waals surface area contributed by atoms with E-state index in [1.54, 1.807) is 0 Å². The van der Waals surface area contributed by atoms with Gasteiger partial charge in [-0.1, -0.05) is 22.0 Å². The lowest BCUT2D eigenvalue weighted by atomic mass is 10.1. The molecule has 0 spiro atoms. The molecule has 0 aliphatic heterocycles. The zero-order valence-electron chi connectivity index (χ0n) is 9.55. The van der Waals surface area contributed by atoms with E-state index in [0.717, 1.165) is 10.0 Å². The van der Waals surface area contributed by atoms with Gasteiger partial charge in [-0.05, 0) is 31.5 Å². The van der Waals surface area contributed by atoms with Crippen molar-refractivity contribution in [3.63, 3.8) is 0 Å². The summed E-state index contributed by atoms with van der Waals surface area (Å²) in [6.45, 7) is 5.61. The topological polar surface area (TPSA) is 38.3 Å². The summed E-state index contributed by atoms with van der Waals surface area (Å²) in [5.41, 5.74) is 1.67. The number of carbonyl (C=O) groups is 1. The Morgan fingerprint density at radius 1 is 1.50 bits per heavy atom. The zero-order chi connectivity index (χ0) is 12.0. The molecule has 1 aromatic carbocycles. The fourth-order valence-corrected chi connectivity index (χ4v) is 1.68. The first kappa shape index (κ1) is 13.2. The SMILES string of the molecule is CCOCCNC(=O)c1cc(Br)ccc1C. The van der Waals surface area contributed by atoms with Gasteiger partial charge in [-0.15, -0.1) is 0 Å². The molecule has 0 saturated heterocycles. The highest BCUT2D eigenvalue weighted by molar-refractivity contribution is 9.10. The van der Waals surface area contributed by atoms with Crippen LogP contribution in [0.4, 0.5) is 0 Å². The van der Waals surface area contributed by atoms with Crippen LogP contribution in [0.5, 0.6) is 0 Å². The van der Waals surface area contributed by atoms with Crippen molar-refractivity contribution in [2.24, 2.45) is 0 Å². The van der Waals surface area contributed by atoms with Gasteiger partial charge in [-0.3, -0.25) is 4.79 Å². The van der Waals surface area contributed by atoms with Gasteiger partial charge in [0, 0.05) is 23.2 Å². The maximum absolute atomic E-state index is 11.8. The Balaban J connectivity index is 2.55. The van der Waals surface area contributed by atoms with E-state index in [1.807, 2.05) is 32.0 Å². The summed E-state index contributed by atoms with van der Waals surface area (Å²) in [7, 11) is 0. The molecule has 0 bridgehead atoms. The smallest absolute Gasteiger partial charge is 0.251 e. The molecule has 0 saturated carbocycles. The van der Waals surface area contributed by atoms with Crippen molar-refractivity contribution in [1.29, 1.82) is 0 Å². The third-order valence-corrected chi connectivity index (χ3v) is 2.67. The third kappa shape index (κ3) is 3.94. The van der Waals surface area contributed by atoms with Crippen LogP contribution in [-0.4, -0.2) is 25.7 Å². The lowest BCUT2D eigenvalue weighted by molar-refractivity contribution is 0.0922. The van der Waals surface area contributed by atoms with Crippen molar-refractivity contribution < 1.29 is 9.53 Å². The van der Waals surface area contributed by atoms with Crippen LogP contribution in [0.15, 0.2) is 22.7 Å². The summed E-state index contributed by atoms with van der Waals surface area (Å²) in [6.07, 6.45) is 0. The van der Waals surface area contributed by atoms with Crippen LogP contribution < -0.4 is 5.32 Å². The fourth-order valence-electron chi connectivity index (χ4n) is 1.32. The number of carbonyl (C=O) groups excluding carboxylic acids is 1. The first-order valence-corrected chi connectivity index (χ1v) is 6.06. The summed E-state index contributed by atoms with van der Waals surface area (Å²) < 4.78 is 6.06. The van der Waals surface area contributed by atoms with Gasteiger partial charge >= 0.3 is 0 Å². The van der Waals surface area contributed by atoms with E-state index < -0.39 is 0 Å². The largest absolute Gasteiger partial charge is 0.380 e. The molecule has 16 heavy (non-hydrogen) atoms. The Morgan fingerprint density at radius 3 is 2.94 bits per heavy atom. The Bertz CT molecular complexity index is 366. The van der Waals surface area contributed by atoms with Crippen LogP contribution in [0.2, 0.25) is 0 Å². The minimum atomic E-state index is -0.0569. The molecule has 4 heteroatoms. The number of amides is 1. The molecule has 0 atom stereocenters. The third-order valence-electron chi connectivity index (χ3n) is 2.18. The van der Waals surface area contributed by atoms with Gasteiger partial charge in [0.15, 0.2) is 0 Å². The van der Waals surface area contributed by atoms with E-state index in [1.165, 1.54) is 0 Å². The quantitative estimate of drug-likeness (QED) is 0.845. The Morgan fingerprint density at radius 2 is 2.25 bits per heavy atom. The molecule has 0 unspecified atom stereocenters. The number of benzene rings is 1. The molecular formula is C12H16BrNO2. The number of aryl methyl sites for hydroxylation is 1. The molecule has 0 aliphatic carbocycles. The first-order chi connectivity index (χ1) is 7.65. The van der Waals surface area contributed by atoms with E-state index >= 15 is 0 Å². The summed E-state index contributed by atoms with van der Waals surface area (Å²) >= 11 is 3.35. The van der Waals surface area contributed by atoms with Crippen molar-refractivity contribution in [2.45, 2.75) is 13.8 Å². The average Bonchev–Trinajstić information content (AvgIpc) is 2.27. The van der Waals surface area contributed by atoms with E-state index in [2.05, 4.69) is 21.2 Å². The van der Waals surface area contributed by atoms with Crippen LogP contribution in [0.1, 0.15) is 22.8 Å². The second-order valence-electron chi connectivity index (χ2n) is 3.41. The van der Waals surface area contributed by atoms with Gasteiger partial charge in [0.2, 0.25) is 0 Å². The highest BCUT2D eigenvalue weighted by atomic mass is 79.9. The Hall–Kier alpha value is -0.870. The van der Waals surface area contributed by atoms with Crippen LogP contribution in [0, 0.1) is 6.92 Å². The monoisotopic (exact) mass is 285 g/mol. The lowest BCUT2D eigenvalue weighted by Gasteiger charge is -2.08. The van der Waals surface area contributed by atoms with Crippen molar-refractivity contribution >= 4 is 21.8 Å². The number of halogens is 1. The predicted octanol–water partition coefficient (Wildman–Crippen LogP) is 2.52. The van der Waals surface area contributed by atoms with Crippen molar-refractivity contribution in [3.05, 3.63) is 33.8 Å². The number of nitrogens with one attached hydrogen (secondary N) is 1. The van der Waals surface area contributed by atoms with Gasteiger partial charge in [0.25, 0.3) is 5.91 Å². The molecule has 1 rings (SSSR count). The van der Waals surface area contributed by atoms with Gasteiger partial charge in [-0.2, -0.15) is 0 Å². The highest BCUT2D eigenvalue weighted by Gasteiger charge is 2.08. The van der Waals surface area contributed by atoms with Crippen molar-refractivity contribution in [3.8, 4) is 0 Å². The summed E-state index contributed by atoms with van der Waals surface area (Å²) in [4.78, 5) is 11.8. The number of ether oxygens (including phenoxy) is 1. The van der Waals surface area contributed by atoms with Crippen LogP contribution in [0.3, 0.4) is 0 Å². The van der Waals surface area contributed by atoms with Crippen LogP contribution >= 0.6 is 15.9 Å². The van der Waals surface area contributed by atoms with Gasteiger partial charge in [0.05, 0.1) is 6.61 Å². The molecule has 88 valence electrons. The Labute approximate surface area is 104 Å². The first-order valence-electron chi connectivity index (χ1n) is 5.27. The molecule has 0 aromatic heterocycles. The summed E-state index contributed by atoms with van der Waals surface area (Å²) in [5.74, 6) is -0.0569. The molecule has 1 amide bonds. The van der Waals surface area contributed by atoms with E-state index in [9.17, 15) is 4.79 Å². The lowest BCUT2D eigenvalue weighted by Crippen LogP contribution is -2.27. The predicted molar refractivity (Wildman–Crippen MR) is 67.7 cm³/mol. The van der Waals surface area contributed by atoms with Crippen LogP contribution in [0.25, 0.3) is 0 Å². The molecule has 0 fully saturated rings. The number of hydrogen-bond donors (Lipinski definition) is 1. The second kappa shape index (κ2) is 6.66. The molecule has 0 radical (unpaired) electrons. The van der Waals surface area contributed by atoms with E-state index in [0.29, 0.717) is 25.3 Å². The molecule has 1 N–H and O–H groups in total. The standard InChI is InChI=1S/C12H16BrNO2/c1-3-16-7-6-14-12(15)11-8-10(13)5-4-9(11)2/h4-5,8H,3,6-7H2,1-2H3,(H,14,15). The van der Waals surface area contributed by atoms with Gasteiger partial charge in [-0.25, -0.2) is 0 Å². The molecule has 1 aromatic rings. The average molecular weight is 286 g/mol. The highest BCUT2D eigenvalue weighted by Crippen LogP contribution is 2.15. The van der Waals surface area contributed by atoms with Crippen molar-refractivity contribution in [2.75, 3.05) is 19.8 Å². The van der Waals surface area contributed by atoms with Gasteiger partial charge < -0.3 is 10.1 Å². The van der Waals surface area contributed by atoms with Crippen LogP contribution in [-0.2, 0) is 4.74 Å². The van der Waals surface area contributed by atoms with E-state index in [4.69, 9.17) is 4.74 Å². The maximum atomic E-state index is 11.8. The fraction of sp³-hybridized carbons (Fsp3) is 0.417. The van der Waals surface area contributed by atoms with E-state index in [-0.39, 0.29) is 5.91 Å². The van der Waals surface area contributed by atoms with Crippen molar-refractivity contribution in [1.82, 2.24) is 5.32 Å². The molecule has 0 aliphatic rings. The van der Waals surface area contributed by atoms with Gasteiger partial charge in [0.1, 0.15) is 0 Å².